The van der Waals surface area contributed by atoms with Crippen LogP contribution in [0.2, 0.25) is 0 Å². The SMILES string of the molecule is COc1cc(CCCCN)c(Br)cc1OC1CCCC1. The first-order valence-electron chi connectivity index (χ1n) is 7.47. The van der Waals surface area contributed by atoms with Crippen LogP contribution in [0.1, 0.15) is 44.1 Å². The van der Waals surface area contributed by atoms with Crippen LogP contribution >= 0.6 is 15.9 Å². The van der Waals surface area contributed by atoms with E-state index in [1.165, 1.54) is 18.4 Å². The Bertz CT molecular complexity index is 431. The minimum absolute atomic E-state index is 0.346. The van der Waals surface area contributed by atoms with E-state index in [0.29, 0.717) is 6.10 Å². The monoisotopic (exact) mass is 341 g/mol. The normalized spacial score (nSPS) is 15.6. The van der Waals surface area contributed by atoms with Crippen molar-refractivity contribution < 1.29 is 9.47 Å². The van der Waals surface area contributed by atoms with Crippen LogP contribution in [0.25, 0.3) is 0 Å². The minimum Gasteiger partial charge on any atom is -0.493 e. The summed E-state index contributed by atoms with van der Waals surface area (Å²) in [4.78, 5) is 0. The van der Waals surface area contributed by atoms with Gasteiger partial charge in [0.1, 0.15) is 0 Å². The van der Waals surface area contributed by atoms with E-state index in [-0.39, 0.29) is 0 Å². The van der Waals surface area contributed by atoms with Gasteiger partial charge in [0.15, 0.2) is 11.5 Å². The Kier molecular flexibility index (Phi) is 6.17. The fraction of sp³-hybridized carbons (Fsp3) is 0.625. The fourth-order valence-electron chi connectivity index (χ4n) is 2.67. The lowest BCUT2D eigenvalue weighted by Crippen LogP contribution is -2.11. The van der Waals surface area contributed by atoms with Crippen molar-refractivity contribution in [1.29, 1.82) is 0 Å². The van der Waals surface area contributed by atoms with Crippen LogP contribution in [0, 0.1) is 0 Å². The Morgan fingerprint density at radius 2 is 1.95 bits per heavy atom. The number of unbranched alkanes of at least 4 members (excludes halogenated alkanes) is 1. The van der Waals surface area contributed by atoms with Crippen LogP contribution in [0.3, 0.4) is 0 Å². The summed E-state index contributed by atoms with van der Waals surface area (Å²) in [5, 5.41) is 0. The van der Waals surface area contributed by atoms with Crippen molar-refractivity contribution in [2.24, 2.45) is 5.73 Å². The van der Waals surface area contributed by atoms with E-state index in [1.54, 1.807) is 7.11 Å². The number of rotatable bonds is 7. The summed E-state index contributed by atoms with van der Waals surface area (Å²) in [6.07, 6.45) is 8.35. The first kappa shape index (κ1) is 15.6. The summed E-state index contributed by atoms with van der Waals surface area (Å²) >= 11 is 3.65. The van der Waals surface area contributed by atoms with Crippen molar-refractivity contribution >= 4 is 15.9 Å². The number of ether oxygens (including phenoxy) is 2. The van der Waals surface area contributed by atoms with Gasteiger partial charge in [0.25, 0.3) is 0 Å². The predicted octanol–water partition coefficient (Wildman–Crippen LogP) is 4.06. The number of aryl methyl sites for hydroxylation is 1. The third-order valence-corrected chi connectivity index (χ3v) is 4.57. The number of nitrogens with two attached hydrogens (primary N) is 1. The highest BCUT2D eigenvalue weighted by Gasteiger charge is 2.19. The lowest BCUT2D eigenvalue weighted by atomic mass is 10.1. The zero-order chi connectivity index (χ0) is 14.4. The van der Waals surface area contributed by atoms with Crippen molar-refractivity contribution in [1.82, 2.24) is 0 Å². The second-order valence-electron chi connectivity index (χ2n) is 5.36. The maximum absolute atomic E-state index is 6.08. The van der Waals surface area contributed by atoms with Crippen molar-refractivity contribution in [3.05, 3.63) is 22.2 Å². The van der Waals surface area contributed by atoms with E-state index in [4.69, 9.17) is 15.2 Å². The molecule has 20 heavy (non-hydrogen) atoms. The second kappa shape index (κ2) is 7.89. The molecular formula is C16H24BrNO2. The van der Waals surface area contributed by atoms with Crippen LogP contribution in [-0.4, -0.2) is 19.8 Å². The highest BCUT2D eigenvalue weighted by atomic mass is 79.9. The molecule has 3 nitrogen and oxygen atoms in total. The predicted molar refractivity (Wildman–Crippen MR) is 85.6 cm³/mol. The van der Waals surface area contributed by atoms with Gasteiger partial charge in [-0.05, 0) is 69.2 Å². The highest BCUT2D eigenvalue weighted by Crippen LogP contribution is 2.36. The van der Waals surface area contributed by atoms with Crippen molar-refractivity contribution in [2.75, 3.05) is 13.7 Å². The zero-order valence-corrected chi connectivity index (χ0v) is 13.7. The standard InChI is InChI=1S/C16H24BrNO2/c1-19-15-10-12(6-4-5-9-18)14(17)11-16(15)20-13-7-2-3-8-13/h10-11,13H,2-9,18H2,1H3. The summed E-state index contributed by atoms with van der Waals surface area (Å²) in [6, 6.07) is 4.14. The first-order valence-corrected chi connectivity index (χ1v) is 8.27. The Labute approximate surface area is 130 Å². The summed E-state index contributed by atoms with van der Waals surface area (Å²) in [5.41, 5.74) is 6.80. The van der Waals surface area contributed by atoms with Gasteiger partial charge >= 0.3 is 0 Å². The molecule has 0 amide bonds. The molecule has 1 aromatic carbocycles. The molecule has 0 aliphatic heterocycles. The third-order valence-electron chi connectivity index (χ3n) is 3.83. The summed E-state index contributed by atoms with van der Waals surface area (Å²) in [6.45, 7) is 0.748. The van der Waals surface area contributed by atoms with E-state index in [0.717, 1.165) is 54.6 Å². The van der Waals surface area contributed by atoms with Crippen molar-refractivity contribution in [3.63, 3.8) is 0 Å². The molecule has 1 aliphatic rings. The molecule has 0 saturated heterocycles. The van der Waals surface area contributed by atoms with Gasteiger partial charge in [-0.2, -0.15) is 0 Å². The molecule has 0 aromatic heterocycles. The average molecular weight is 342 g/mol. The molecular weight excluding hydrogens is 318 g/mol. The fourth-order valence-corrected chi connectivity index (χ4v) is 3.19. The third kappa shape index (κ3) is 4.13. The Hall–Kier alpha value is -0.740. The molecule has 0 unspecified atom stereocenters. The van der Waals surface area contributed by atoms with Crippen LogP contribution in [0.4, 0.5) is 0 Å². The molecule has 0 spiro atoms. The molecule has 2 rings (SSSR count). The summed E-state index contributed by atoms with van der Waals surface area (Å²) in [5.74, 6) is 1.69. The molecule has 112 valence electrons. The Balaban J connectivity index is 2.09. The molecule has 1 aliphatic carbocycles. The van der Waals surface area contributed by atoms with Gasteiger partial charge < -0.3 is 15.2 Å². The van der Waals surface area contributed by atoms with Crippen LogP contribution in [0.5, 0.6) is 11.5 Å². The molecule has 1 fully saturated rings. The molecule has 1 aromatic rings. The smallest absolute Gasteiger partial charge is 0.162 e. The molecule has 0 bridgehead atoms. The topological polar surface area (TPSA) is 44.5 Å². The Morgan fingerprint density at radius 1 is 1.20 bits per heavy atom. The maximum atomic E-state index is 6.08. The van der Waals surface area contributed by atoms with E-state index in [1.807, 2.05) is 0 Å². The molecule has 0 radical (unpaired) electrons. The van der Waals surface area contributed by atoms with Gasteiger partial charge in [0, 0.05) is 4.47 Å². The average Bonchev–Trinajstić information content (AvgIpc) is 2.94. The summed E-state index contributed by atoms with van der Waals surface area (Å²) in [7, 11) is 1.70. The second-order valence-corrected chi connectivity index (χ2v) is 6.22. The number of halogens is 1. The molecule has 0 heterocycles. The van der Waals surface area contributed by atoms with Crippen LogP contribution in [-0.2, 0) is 6.42 Å². The number of hydrogen-bond acceptors (Lipinski definition) is 3. The quantitative estimate of drug-likeness (QED) is 0.760. The van der Waals surface area contributed by atoms with E-state index in [2.05, 4.69) is 28.1 Å². The number of hydrogen-bond donors (Lipinski definition) is 1. The van der Waals surface area contributed by atoms with Gasteiger partial charge in [-0.3, -0.25) is 0 Å². The summed E-state index contributed by atoms with van der Waals surface area (Å²) < 4.78 is 12.7. The van der Waals surface area contributed by atoms with Gasteiger partial charge in [0.05, 0.1) is 13.2 Å². The minimum atomic E-state index is 0.346. The highest BCUT2D eigenvalue weighted by molar-refractivity contribution is 9.10. The molecule has 1 saturated carbocycles. The van der Waals surface area contributed by atoms with E-state index < -0.39 is 0 Å². The molecule has 4 heteroatoms. The van der Waals surface area contributed by atoms with Crippen molar-refractivity contribution in [3.8, 4) is 11.5 Å². The Morgan fingerprint density at radius 3 is 2.60 bits per heavy atom. The van der Waals surface area contributed by atoms with Crippen molar-refractivity contribution in [2.45, 2.75) is 51.0 Å². The number of methoxy groups -OCH3 is 1. The lowest BCUT2D eigenvalue weighted by Gasteiger charge is -2.17. The lowest BCUT2D eigenvalue weighted by molar-refractivity contribution is 0.200. The largest absolute Gasteiger partial charge is 0.493 e. The first-order chi connectivity index (χ1) is 9.74. The van der Waals surface area contributed by atoms with Gasteiger partial charge in [-0.25, -0.2) is 0 Å². The van der Waals surface area contributed by atoms with E-state index in [9.17, 15) is 0 Å². The zero-order valence-electron chi connectivity index (χ0n) is 12.2. The van der Waals surface area contributed by atoms with Crippen LogP contribution < -0.4 is 15.2 Å². The van der Waals surface area contributed by atoms with Crippen LogP contribution in [0.15, 0.2) is 16.6 Å². The van der Waals surface area contributed by atoms with Gasteiger partial charge in [-0.15, -0.1) is 0 Å². The van der Waals surface area contributed by atoms with Gasteiger partial charge in [0.2, 0.25) is 0 Å². The van der Waals surface area contributed by atoms with Gasteiger partial charge in [-0.1, -0.05) is 15.9 Å². The maximum Gasteiger partial charge on any atom is 0.162 e. The molecule has 2 N–H and O–H groups in total. The number of benzene rings is 1. The van der Waals surface area contributed by atoms with E-state index >= 15 is 0 Å². The molecule has 0 atom stereocenters.